The number of hydrogen-bond donors (Lipinski definition) is 0. The fourth-order valence-corrected chi connectivity index (χ4v) is 4.80. The molecular weight excluding hydrogens is 429 g/mol. The van der Waals surface area contributed by atoms with Gasteiger partial charge in [-0.25, -0.2) is 4.39 Å². The van der Waals surface area contributed by atoms with E-state index in [9.17, 15) is 9.18 Å². The number of hydrogen-bond acceptors (Lipinski definition) is 4. The number of amides is 1. The molecule has 0 aromatic heterocycles. The Bertz CT molecular complexity index is 1100. The van der Waals surface area contributed by atoms with Crippen molar-refractivity contribution in [1.82, 2.24) is 4.90 Å². The number of benzene rings is 3. The van der Waals surface area contributed by atoms with E-state index in [-0.39, 0.29) is 17.8 Å². The topological polar surface area (TPSA) is 36.0 Å². The second kappa shape index (κ2) is 10.3. The lowest BCUT2D eigenvalue weighted by Gasteiger charge is -2.37. The second-order valence-electron chi connectivity index (χ2n) is 8.94. The highest BCUT2D eigenvalue weighted by Crippen LogP contribution is 2.35. The molecule has 176 valence electrons. The zero-order chi connectivity index (χ0) is 23.3. The van der Waals surface area contributed by atoms with Gasteiger partial charge in [0.15, 0.2) is 0 Å². The number of ether oxygens (including phenoxy) is 1. The predicted molar refractivity (Wildman–Crippen MR) is 133 cm³/mol. The Morgan fingerprint density at radius 2 is 1.59 bits per heavy atom. The van der Waals surface area contributed by atoms with E-state index >= 15 is 0 Å². The van der Waals surface area contributed by atoms with Crippen LogP contribution in [0.3, 0.4) is 0 Å². The van der Waals surface area contributed by atoms with E-state index in [2.05, 4.69) is 9.80 Å². The average Bonchev–Trinajstić information content (AvgIpc) is 2.89. The Hall–Kier alpha value is -3.38. The number of fused-ring (bicyclic) bond motifs is 1. The van der Waals surface area contributed by atoms with E-state index in [1.807, 2.05) is 71.6 Å². The maximum absolute atomic E-state index is 13.2. The summed E-state index contributed by atoms with van der Waals surface area (Å²) in [5.41, 5.74) is 2.61. The molecule has 1 amide bonds. The Morgan fingerprint density at radius 1 is 0.882 bits per heavy atom. The summed E-state index contributed by atoms with van der Waals surface area (Å²) in [5, 5.41) is 0. The molecule has 3 aromatic carbocycles. The minimum atomic E-state index is -0.195. The Kier molecular flexibility index (Phi) is 6.77. The van der Waals surface area contributed by atoms with Crippen LogP contribution in [0.25, 0.3) is 0 Å². The molecule has 2 heterocycles. The summed E-state index contributed by atoms with van der Waals surface area (Å²) < 4.78 is 19.5. The van der Waals surface area contributed by atoms with Gasteiger partial charge in [-0.2, -0.15) is 0 Å². The highest BCUT2D eigenvalue weighted by atomic mass is 19.1. The first kappa shape index (κ1) is 22.4. The maximum atomic E-state index is 13.2. The monoisotopic (exact) mass is 459 g/mol. The summed E-state index contributed by atoms with van der Waals surface area (Å²) in [4.78, 5) is 19.9. The van der Waals surface area contributed by atoms with Crippen LogP contribution >= 0.6 is 0 Å². The summed E-state index contributed by atoms with van der Waals surface area (Å²) in [7, 11) is 0. The van der Waals surface area contributed by atoms with Crippen molar-refractivity contribution in [3.63, 3.8) is 0 Å². The van der Waals surface area contributed by atoms with Gasteiger partial charge < -0.3 is 14.5 Å². The molecule has 0 saturated carbocycles. The van der Waals surface area contributed by atoms with Gasteiger partial charge in [0.25, 0.3) is 5.91 Å². The van der Waals surface area contributed by atoms with Gasteiger partial charge in [-0.1, -0.05) is 30.3 Å². The molecule has 0 aliphatic carbocycles. The molecule has 0 bridgehead atoms. The van der Waals surface area contributed by atoms with Crippen molar-refractivity contribution in [2.45, 2.75) is 18.9 Å². The minimum absolute atomic E-state index is 0.0123. The third-order valence-corrected chi connectivity index (χ3v) is 6.67. The van der Waals surface area contributed by atoms with Gasteiger partial charge in [0, 0.05) is 37.4 Å². The van der Waals surface area contributed by atoms with Gasteiger partial charge in [0.1, 0.15) is 17.7 Å². The van der Waals surface area contributed by atoms with Gasteiger partial charge in [-0.3, -0.25) is 9.69 Å². The number of halogens is 1. The lowest BCUT2D eigenvalue weighted by atomic mass is 10.1. The van der Waals surface area contributed by atoms with Gasteiger partial charge in [-0.05, 0) is 67.9 Å². The number of para-hydroxylation sites is 2. The molecule has 5 nitrogen and oxygen atoms in total. The van der Waals surface area contributed by atoms with Crippen molar-refractivity contribution >= 4 is 17.3 Å². The number of carbonyl (C=O) groups excluding carboxylic acids is 1. The number of piperazine rings is 1. The lowest BCUT2D eigenvalue weighted by Crippen LogP contribution is -2.47. The molecule has 0 N–H and O–H groups in total. The molecule has 34 heavy (non-hydrogen) atoms. The molecule has 0 radical (unpaired) electrons. The first-order valence-corrected chi connectivity index (χ1v) is 12.0. The maximum Gasteiger partial charge on any atom is 0.258 e. The third-order valence-electron chi connectivity index (χ3n) is 6.67. The van der Waals surface area contributed by atoms with E-state index in [0.717, 1.165) is 62.7 Å². The summed E-state index contributed by atoms with van der Waals surface area (Å²) in [6, 6.07) is 24.0. The SMILES string of the molecule is O=C(c1ccccc1)N1CC(CCCN2CCN(c3ccc(F)cc3)CC2)Oc2ccccc21. The quantitative estimate of drug-likeness (QED) is 0.529. The average molecular weight is 460 g/mol. The number of rotatable bonds is 6. The molecule has 1 atom stereocenters. The van der Waals surface area contributed by atoms with Gasteiger partial charge >= 0.3 is 0 Å². The van der Waals surface area contributed by atoms with Crippen LogP contribution in [-0.4, -0.2) is 56.2 Å². The van der Waals surface area contributed by atoms with Crippen molar-refractivity contribution in [3.05, 3.63) is 90.2 Å². The Balaban J connectivity index is 1.15. The number of carbonyl (C=O) groups is 1. The number of anilines is 2. The normalized spacial score (nSPS) is 18.3. The van der Waals surface area contributed by atoms with Crippen LogP contribution in [-0.2, 0) is 0 Å². The standard InChI is InChI=1S/C28H30FN3O2/c29-23-12-14-24(15-13-23)31-19-17-30(18-20-31)16-6-9-25-21-32(26-10-4-5-11-27(26)34-25)28(33)22-7-2-1-3-8-22/h1-5,7-8,10-15,25H,6,9,16-21H2. The fourth-order valence-electron chi connectivity index (χ4n) is 4.80. The summed E-state index contributed by atoms with van der Waals surface area (Å²) in [6.45, 7) is 5.43. The van der Waals surface area contributed by atoms with E-state index in [1.165, 1.54) is 12.1 Å². The van der Waals surface area contributed by atoms with E-state index in [1.54, 1.807) is 0 Å². The van der Waals surface area contributed by atoms with Crippen LogP contribution in [0.2, 0.25) is 0 Å². The molecule has 6 heteroatoms. The molecule has 2 aliphatic rings. The summed E-state index contributed by atoms with van der Waals surface area (Å²) in [6.07, 6.45) is 1.88. The van der Waals surface area contributed by atoms with E-state index < -0.39 is 0 Å². The zero-order valence-corrected chi connectivity index (χ0v) is 19.3. The van der Waals surface area contributed by atoms with Gasteiger partial charge in [0.05, 0.1) is 12.2 Å². The van der Waals surface area contributed by atoms with Crippen molar-refractivity contribution in [2.24, 2.45) is 0 Å². The lowest BCUT2D eigenvalue weighted by molar-refractivity contribution is 0.0949. The fraction of sp³-hybridized carbons (Fsp3) is 0.321. The molecule has 5 rings (SSSR count). The van der Waals surface area contributed by atoms with Crippen molar-refractivity contribution in [2.75, 3.05) is 49.1 Å². The molecule has 1 saturated heterocycles. The molecule has 3 aromatic rings. The van der Waals surface area contributed by atoms with Crippen LogP contribution in [0.5, 0.6) is 5.75 Å². The molecule has 1 unspecified atom stereocenters. The van der Waals surface area contributed by atoms with E-state index in [4.69, 9.17) is 4.74 Å². The van der Waals surface area contributed by atoms with Crippen LogP contribution in [0.15, 0.2) is 78.9 Å². The highest BCUT2D eigenvalue weighted by molar-refractivity contribution is 6.07. The smallest absolute Gasteiger partial charge is 0.258 e. The minimum Gasteiger partial charge on any atom is -0.486 e. The Labute approximate surface area is 200 Å². The summed E-state index contributed by atoms with van der Waals surface area (Å²) >= 11 is 0. The molecule has 1 fully saturated rings. The molecule has 0 spiro atoms. The predicted octanol–water partition coefficient (Wildman–Crippen LogP) is 4.84. The van der Waals surface area contributed by atoms with Gasteiger partial charge in [0.2, 0.25) is 0 Å². The van der Waals surface area contributed by atoms with Crippen molar-refractivity contribution < 1.29 is 13.9 Å². The van der Waals surface area contributed by atoms with Crippen molar-refractivity contribution in [3.8, 4) is 5.75 Å². The first-order valence-electron chi connectivity index (χ1n) is 12.0. The Morgan fingerprint density at radius 3 is 2.35 bits per heavy atom. The largest absolute Gasteiger partial charge is 0.486 e. The van der Waals surface area contributed by atoms with Gasteiger partial charge in [-0.15, -0.1) is 0 Å². The third kappa shape index (κ3) is 5.07. The van der Waals surface area contributed by atoms with Crippen molar-refractivity contribution in [1.29, 1.82) is 0 Å². The first-order chi connectivity index (χ1) is 16.7. The summed E-state index contributed by atoms with van der Waals surface area (Å²) in [5.74, 6) is 0.591. The number of nitrogens with zero attached hydrogens (tertiary/aromatic N) is 3. The van der Waals surface area contributed by atoms with Crippen LogP contribution in [0, 0.1) is 5.82 Å². The molecular formula is C28H30FN3O2. The molecule has 2 aliphatic heterocycles. The van der Waals surface area contributed by atoms with Crippen LogP contribution in [0.4, 0.5) is 15.8 Å². The highest BCUT2D eigenvalue weighted by Gasteiger charge is 2.30. The van der Waals surface area contributed by atoms with Crippen LogP contribution < -0.4 is 14.5 Å². The van der Waals surface area contributed by atoms with Crippen LogP contribution in [0.1, 0.15) is 23.2 Å². The second-order valence-corrected chi connectivity index (χ2v) is 8.94. The zero-order valence-electron chi connectivity index (χ0n) is 19.3. The van der Waals surface area contributed by atoms with E-state index in [0.29, 0.717) is 12.1 Å².